The molecule has 1 aromatic heterocycles. The largest absolute Gasteiger partial charge is 0.497 e. The molecule has 0 radical (unpaired) electrons. The average Bonchev–Trinajstić information content (AvgIpc) is 3.20. The van der Waals surface area contributed by atoms with E-state index in [1.54, 1.807) is 7.11 Å². The summed E-state index contributed by atoms with van der Waals surface area (Å²) in [6, 6.07) is 17.5. The van der Waals surface area contributed by atoms with E-state index in [0.717, 1.165) is 11.3 Å². The molecule has 1 unspecified atom stereocenters. The Balaban J connectivity index is 1.47. The molecule has 27 heavy (non-hydrogen) atoms. The molecule has 0 saturated carbocycles. The van der Waals surface area contributed by atoms with E-state index in [2.05, 4.69) is 34.5 Å². The molecule has 3 aromatic rings. The van der Waals surface area contributed by atoms with Crippen molar-refractivity contribution in [1.29, 1.82) is 0 Å². The third-order valence-electron chi connectivity index (χ3n) is 4.36. The molecular weight excluding hydrogens is 342 g/mol. The summed E-state index contributed by atoms with van der Waals surface area (Å²) >= 11 is 0. The number of nitrogens with zero attached hydrogens (tertiary/aromatic N) is 2. The van der Waals surface area contributed by atoms with Gasteiger partial charge in [0.2, 0.25) is 17.6 Å². The molecule has 1 atom stereocenters. The maximum Gasteiger partial charge on any atom is 0.227 e. The normalized spacial score (nSPS) is 11.8. The van der Waals surface area contributed by atoms with Gasteiger partial charge in [0.1, 0.15) is 5.75 Å². The highest BCUT2D eigenvalue weighted by Gasteiger charge is 2.12. The number of rotatable bonds is 8. The summed E-state index contributed by atoms with van der Waals surface area (Å²) in [4.78, 5) is 16.4. The Morgan fingerprint density at radius 3 is 2.59 bits per heavy atom. The van der Waals surface area contributed by atoms with Gasteiger partial charge in [-0.1, -0.05) is 42.4 Å². The zero-order valence-corrected chi connectivity index (χ0v) is 15.5. The first-order chi connectivity index (χ1) is 13.2. The van der Waals surface area contributed by atoms with Crippen molar-refractivity contribution in [3.8, 4) is 17.1 Å². The highest BCUT2D eigenvalue weighted by molar-refractivity contribution is 5.76. The average molecular weight is 365 g/mol. The van der Waals surface area contributed by atoms with Gasteiger partial charge in [-0.05, 0) is 35.7 Å². The summed E-state index contributed by atoms with van der Waals surface area (Å²) < 4.78 is 10.4. The van der Waals surface area contributed by atoms with Gasteiger partial charge in [-0.3, -0.25) is 4.79 Å². The molecule has 0 aliphatic heterocycles. The molecule has 3 rings (SSSR count). The Hall–Kier alpha value is -3.15. The first kappa shape index (κ1) is 18.6. The minimum atomic E-state index is -0.0259. The number of carbonyl (C=O) groups is 1. The molecular formula is C21H23N3O3. The number of benzene rings is 2. The van der Waals surface area contributed by atoms with Crippen molar-refractivity contribution < 1.29 is 14.1 Å². The smallest absolute Gasteiger partial charge is 0.227 e. The molecule has 1 heterocycles. The topological polar surface area (TPSA) is 77.2 Å². The van der Waals surface area contributed by atoms with Crippen LogP contribution in [0.4, 0.5) is 0 Å². The van der Waals surface area contributed by atoms with Crippen LogP contribution in [-0.4, -0.2) is 29.7 Å². The lowest BCUT2D eigenvalue weighted by molar-refractivity contribution is -0.121. The Kier molecular flexibility index (Phi) is 6.20. The van der Waals surface area contributed by atoms with Gasteiger partial charge in [-0.25, -0.2) is 0 Å². The van der Waals surface area contributed by atoms with Crippen LogP contribution in [-0.2, 0) is 11.2 Å². The van der Waals surface area contributed by atoms with E-state index in [0.29, 0.717) is 31.1 Å². The van der Waals surface area contributed by atoms with Gasteiger partial charge < -0.3 is 14.6 Å². The number of aromatic nitrogens is 2. The second-order valence-electron chi connectivity index (χ2n) is 6.36. The molecule has 2 aromatic carbocycles. The Bertz CT molecular complexity index is 860. The summed E-state index contributed by atoms with van der Waals surface area (Å²) in [6.07, 6.45) is 0.723. The lowest BCUT2D eigenvalue weighted by atomic mass is 10.0. The van der Waals surface area contributed by atoms with Crippen molar-refractivity contribution in [2.45, 2.75) is 25.7 Å². The SMILES string of the molecule is COc1ccc(-c2noc(CCC(=O)NCC(C)c3ccccc3)n2)cc1. The molecule has 0 aliphatic carbocycles. The van der Waals surface area contributed by atoms with E-state index in [4.69, 9.17) is 9.26 Å². The summed E-state index contributed by atoms with van der Waals surface area (Å²) in [5, 5.41) is 6.93. The van der Waals surface area contributed by atoms with E-state index in [9.17, 15) is 4.79 Å². The lowest BCUT2D eigenvalue weighted by Gasteiger charge is -2.12. The van der Waals surface area contributed by atoms with Crippen LogP contribution in [0.3, 0.4) is 0 Å². The van der Waals surface area contributed by atoms with Crippen molar-refractivity contribution in [2.24, 2.45) is 0 Å². The van der Waals surface area contributed by atoms with E-state index in [1.807, 2.05) is 42.5 Å². The lowest BCUT2D eigenvalue weighted by Crippen LogP contribution is -2.27. The monoisotopic (exact) mass is 365 g/mol. The van der Waals surface area contributed by atoms with Crippen molar-refractivity contribution in [1.82, 2.24) is 15.5 Å². The van der Waals surface area contributed by atoms with Gasteiger partial charge in [-0.2, -0.15) is 4.98 Å². The number of amides is 1. The standard InChI is InChI=1S/C21H23N3O3/c1-15(16-6-4-3-5-7-16)14-22-19(25)12-13-20-23-21(24-27-20)17-8-10-18(26-2)11-9-17/h3-11,15H,12-14H2,1-2H3,(H,22,25). The fourth-order valence-corrected chi connectivity index (χ4v) is 2.69. The third kappa shape index (κ3) is 5.17. The van der Waals surface area contributed by atoms with E-state index >= 15 is 0 Å². The molecule has 6 heteroatoms. The zero-order valence-electron chi connectivity index (χ0n) is 15.5. The van der Waals surface area contributed by atoms with Crippen LogP contribution >= 0.6 is 0 Å². The quantitative estimate of drug-likeness (QED) is 0.660. The molecule has 1 N–H and O–H groups in total. The van der Waals surface area contributed by atoms with Crippen LogP contribution < -0.4 is 10.1 Å². The number of ether oxygens (including phenoxy) is 1. The van der Waals surface area contributed by atoms with Crippen LogP contribution in [0.15, 0.2) is 59.1 Å². The fourth-order valence-electron chi connectivity index (χ4n) is 2.69. The van der Waals surface area contributed by atoms with Crippen LogP contribution in [0.25, 0.3) is 11.4 Å². The fraction of sp³-hybridized carbons (Fsp3) is 0.286. The highest BCUT2D eigenvalue weighted by Crippen LogP contribution is 2.20. The maximum absolute atomic E-state index is 12.1. The first-order valence-electron chi connectivity index (χ1n) is 8.94. The van der Waals surface area contributed by atoms with Gasteiger partial charge in [0.25, 0.3) is 0 Å². The maximum atomic E-state index is 12.1. The molecule has 0 spiro atoms. The zero-order chi connectivity index (χ0) is 19.1. The Morgan fingerprint density at radius 2 is 1.89 bits per heavy atom. The van der Waals surface area contributed by atoms with Gasteiger partial charge in [0, 0.05) is 24.9 Å². The minimum Gasteiger partial charge on any atom is -0.497 e. The van der Waals surface area contributed by atoms with Gasteiger partial charge >= 0.3 is 0 Å². The highest BCUT2D eigenvalue weighted by atomic mass is 16.5. The number of hydrogen-bond donors (Lipinski definition) is 1. The second-order valence-corrected chi connectivity index (χ2v) is 6.36. The summed E-state index contributed by atoms with van der Waals surface area (Å²) in [6.45, 7) is 2.69. The third-order valence-corrected chi connectivity index (χ3v) is 4.36. The summed E-state index contributed by atoms with van der Waals surface area (Å²) in [7, 11) is 1.62. The molecule has 0 bridgehead atoms. The second kappa shape index (κ2) is 8.98. The molecule has 6 nitrogen and oxygen atoms in total. The van der Waals surface area contributed by atoms with Crippen LogP contribution in [0, 0.1) is 0 Å². The minimum absolute atomic E-state index is 0.0259. The number of methoxy groups -OCH3 is 1. The van der Waals surface area contributed by atoms with Crippen LogP contribution in [0.5, 0.6) is 5.75 Å². The number of nitrogens with one attached hydrogen (secondary N) is 1. The van der Waals surface area contributed by atoms with Crippen molar-refractivity contribution in [3.05, 3.63) is 66.1 Å². The van der Waals surface area contributed by atoms with Gasteiger partial charge in [0.15, 0.2) is 0 Å². The van der Waals surface area contributed by atoms with E-state index in [-0.39, 0.29) is 11.8 Å². The van der Waals surface area contributed by atoms with Crippen LogP contribution in [0.2, 0.25) is 0 Å². The molecule has 0 saturated heterocycles. The van der Waals surface area contributed by atoms with Crippen LogP contribution in [0.1, 0.15) is 30.7 Å². The van der Waals surface area contributed by atoms with Gasteiger partial charge in [-0.15, -0.1) is 0 Å². The molecule has 0 fully saturated rings. The van der Waals surface area contributed by atoms with Gasteiger partial charge in [0.05, 0.1) is 7.11 Å². The first-order valence-corrected chi connectivity index (χ1v) is 8.94. The number of hydrogen-bond acceptors (Lipinski definition) is 5. The molecule has 0 aliphatic rings. The molecule has 1 amide bonds. The predicted molar refractivity (Wildman–Crippen MR) is 102 cm³/mol. The Labute approximate surface area is 158 Å². The predicted octanol–water partition coefficient (Wildman–Crippen LogP) is 3.60. The van der Waals surface area contributed by atoms with Crippen molar-refractivity contribution >= 4 is 5.91 Å². The van der Waals surface area contributed by atoms with E-state index in [1.165, 1.54) is 5.56 Å². The van der Waals surface area contributed by atoms with Crippen molar-refractivity contribution in [3.63, 3.8) is 0 Å². The summed E-state index contributed by atoms with van der Waals surface area (Å²) in [5.41, 5.74) is 2.05. The number of aryl methyl sites for hydroxylation is 1. The summed E-state index contributed by atoms with van der Waals surface area (Å²) in [5.74, 6) is 1.96. The Morgan fingerprint density at radius 1 is 1.15 bits per heavy atom. The van der Waals surface area contributed by atoms with E-state index < -0.39 is 0 Å². The number of carbonyl (C=O) groups excluding carboxylic acids is 1. The molecule has 140 valence electrons. The van der Waals surface area contributed by atoms with Crippen molar-refractivity contribution in [2.75, 3.05) is 13.7 Å².